The molecule has 0 amide bonds. The van der Waals surface area contributed by atoms with E-state index in [1.165, 1.54) is 12.1 Å². The van der Waals surface area contributed by atoms with Crippen LogP contribution in [0.25, 0.3) is 10.9 Å². The minimum atomic E-state index is -0.611. The maximum absolute atomic E-state index is 15.8. The predicted octanol–water partition coefficient (Wildman–Crippen LogP) is 5.10. The zero-order chi connectivity index (χ0) is 25.7. The van der Waals surface area contributed by atoms with Crippen molar-refractivity contribution in [3.8, 4) is 5.75 Å². The van der Waals surface area contributed by atoms with E-state index >= 15 is 8.78 Å². The van der Waals surface area contributed by atoms with Crippen LogP contribution in [0.5, 0.6) is 5.75 Å². The number of ether oxygens (including phenoxy) is 2. The summed E-state index contributed by atoms with van der Waals surface area (Å²) >= 11 is 0. The lowest BCUT2D eigenvalue weighted by molar-refractivity contribution is -0.123. The van der Waals surface area contributed by atoms with E-state index in [0.717, 1.165) is 28.6 Å². The van der Waals surface area contributed by atoms with E-state index < -0.39 is 17.7 Å². The van der Waals surface area contributed by atoms with Gasteiger partial charge in [0.25, 0.3) is 0 Å². The molecule has 37 heavy (non-hydrogen) atoms. The van der Waals surface area contributed by atoms with E-state index in [1.54, 1.807) is 0 Å². The van der Waals surface area contributed by atoms with Crippen molar-refractivity contribution in [2.45, 2.75) is 32.4 Å². The second kappa shape index (κ2) is 9.64. The van der Waals surface area contributed by atoms with Crippen LogP contribution in [0.4, 0.5) is 13.2 Å². The highest BCUT2D eigenvalue weighted by Crippen LogP contribution is 2.45. The molecule has 0 bridgehead atoms. The van der Waals surface area contributed by atoms with Crippen LogP contribution in [-0.2, 0) is 11.2 Å². The molecule has 2 fully saturated rings. The van der Waals surface area contributed by atoms with Gasteiger partial charge in [-0.25, -0.2) is 8.78 Å². The van der Waals surface area contributed by atoms with Crippen LogP contribution in [0.2, 0.25) is 0 Å². The first-order chi connectivity index (χ1) is 17.8. The number of rotatable bonds is 8. The molecule has 0 saturated carbocycles. The molecule has 0 radical (unpaired) electrons. The highest BCUT2D eigenvalue weighted by Gasteiger charge is 2.44. The van der Waals surface area contributed by atoms with Gasteiger partial charge >= 0.3 is 0 Å². The number of fused-ring (bicyclic) bond motifs is 3. The van der Waals surface area contributed by atoms with Gasteiger partial charge in [-0.05, 0) is 25.0 Å². The molecule has 4 heterocycles. The smallest absolute Gasteiger partial charge is 0.135 e. The summed E-state index contributed by atoms with van der Waals surface area (Å²) < 4.78 is 55.4. The zero-order valence-corrected chi connectivity index (χ0v) is 21.4. The van der Waals surface area contributed by atoms with Crippen LogP contribution in [0, 0.1) is 23.0 Å². The first-order valence-electron chi connectivity index (χ1n) is 13.2. The standard InChI is InChI=1S/C29H34F3N3O2/c1-18-9-22-21-5-3-4-6-25(21)33-27(22)28(35(18)15-29(2)16-36-17-29)26-23(31)10-20(11-24(26)32)37-8-7-34-13-19(12-30)14-34/h3-6,10-11,18-19,28,33H,7-9,12-17H2,1-2H3/t18-,28-/m1/s1. The molecule has 6 rings (SSSR count). The van der Waals surface area contributed by atoms with Crippen molar-refractivity contribution in [2.75, 3.05) is 52.7 Å². The number of nitrogens with one attached hydrogen (secondary N) is 1. The first-order valence-corrected chi connectivity index (χ1v) is 13.2. The summed E-state index contributed by atoms with van der Waals surface area (Å²) in [5, 5.41) is 1.11. The van der Waals surface area contributed by atoms with Gasteiger partial charge in [0.15, 0.2) is 0 Å². The zero-order valence-electron chi connectivity index (χ0n) is 21.4. The Labute approximate surface area is 215 Å². The third-order valence-electron chi connectivity index (χ3n) is 8.24. The Kier molecular flexibility index (Phi) is 6.45. The largest absolute Gasteiger partial charge is 0.492 e. The normalized spacial score (nSPS) is 24.0. The van der Waals surface area contributed by atoms with Gasteiger partial charge in [-0.2, -0.15) is 0 Å². The molecule has 5 nitrogen and oxygen atoms in total. The van der Waals surface area contributed by atoms with Crippen molar-refractivity contribution >= 4 is 10.9 Å². The quantitative estimate of drug-likeness (QED) is 0.455. The van der Waals surface area contributed by atoms with Crippen LogP contribution in [0.1, 0.15) is 36.7 Å². The molecule has 3 aromatic rings. The maximum atomic E-state index is 15.8. The van der Waals surface area contributed by atoms with Gasteiger partial charge in [0, 0.05) is 77.8 Å². The molecule has 0 aliphatic carbocycles. The van der Waals surface area contributed by atoms with Gasteiger partial charge in [-0.1, -0.05) is 25.1 Å². The molecule has 0 spiro atoms. The third kappa shape index (κ3) is 4.53. The fraction of sp³-hybridized carbons (Fsp3) is 0.517. The highest BCUT2D eigenvalue weighted by atomic mass is 19.1. The molecule has 198 valence electrons. The van der Waals surface area contributed by atoms with Crippen LogP contribution in [0.3, 0.4) is 0 Å². The van der Waals surface area contributed by atoms with Crippen LogP contribution in [0.15, 0.2) is 36.4 Å². The second-order valence-corrected chi connectivity index (χ2v) is 11.4. The number of likely N-dealkylation sites (tertiary alicyclic amines) is 1. The molecule has 1 aromatic heterocycles. The lowest BCUT2D eigenvalue weighted by atomic mass is 9.82. The summed E-state index contributed by atoms with van der Waals surface area (Å²) in [5.41, 5.74) is 2.95. The van der Waals surface area contributed by atoms with Gasteiger partial charge in [-0.3, -0.25) is 14.2 Å². The molecule has 2 aromatic carbocycles. The molecule has 2 saturated heterocycles. The average molecular weight is 514 g/mol. The first kappa shape index (κ1) is 24.8. The topological polar surface area (TPSA) is 40.7 Å². The molecular weight excluding hydrogens is 479 g/mol. The molecule has 1 N–H and O–H groups in total. The lowest BCUT2D eigenvalue weighted by Crippen LogP contribution is -2.54. The van der Waals surface area contributed by atoms with Crippen molar-refractivity contribution in [2.24, 2.45) is 11.3 Å². The fourth-order valence-corrected chi connectivity index (χ4v) is 6.20. The van der Waals surface area contributed by atoms with Gasteiger partial charge in [-0.15, -0.1) is 0 Å². The summed E-state index contributed by atoms with van der Waals surface area (Å²) in [7, 11) is 0. The van der Waals surface area contributed by atoms with Crippen LogP contribution < -0.4 is 4.74 Å². The summed E-state index contributed by atoms with van der Waals surface area (Å²) in [4.78, 5) is 7.81. The summed E-state index contributed by atoms with van der Waals surface area (Å²) in [6, 6.07) is 10.2. The second-order valence-electron chi connectivity index (χ2n) is 11.4. The number of halogens is 3. The number of aromatic nitrogens is 1. The molecule has 8 heteroatoms. The number of nitrogens with zero attached hydrogens (tertiary/aromatic N) is 2. The van der Waals surface area contributed by atoms with Crippen LogP contribution >= 0.6 is 0 Å². The number of H-pyrrole nitrogens is 1. The fourth-order valence-electron chi connectivity index (χ4n) is 6.20. The Morgan fingerprint density at radius 3 is 2.54 bits per heavy atom. The number of benzene rings is 2. The maximum Gasteiger partial charge on any atom is 0.135 e. The molecule has 0 unspecified atom stereocenters. The third-order valence-corrected chi connectivity index (χ3v) is 8.24. The van der Waals surface area contributed by atoms with Gasteiger partial charge in [0.1, 0.15) is 24.0 Å². The molecule has 3 aliphatic heterocycles. The Morgan fingerprint density at radius 2 is 1.86 bits per heavy atom. The number of hydrogen-bond donors (Lipinski definition) is 1. The molecule has 2 atom stereocenters. The van der Waals surface area contributed by atoms with E-state index in [1.807, 2.05) is 18.2 Å². The average Bonchev–Trinajstić information content (AvgIpc) is 3.19. The van der Waals surface area contributed by atoms with E-state index in [-0.39, 0.29) is 35.4 Å². The minimum Gasteiger partial charge on any atom is -0.492 e. The number of aromatic amines is 1. The Balaban J connectivity index is 1.32. The Hall–Kier alpha value is -2.55. The van der Waals surface area contributed by atoms with E-state index in [9.17, 15) is 4.39 Å². The lowest BCUT2D eigenvalue weighted by Gasteiger charge is -2.48. The van der Waals surface area contributed by atoms with Crippen LogP contribution in [-0.4, -0.2) is 73.5 Å². The van der Waals surface area contributed by atoms with E-state index in [4.69, 9.17) is 9.47 Å². The van der Waals surface area contributed by atoms with E-state index in [2.05, 4.69) is 34.7 Å². The number of alkyl halides is 1. The monoisotopic (exact) mass is 513 g/mol. The van der Waals surface area contributed by atoms with E-state index in [0.29, 0.717) is 46.0 Å². The van der Waals surface area contributed by atoms with Crippen molar-refractivity contribution in [3.05, 3.63) is 64.9 Å². The Bertz CT molecular complexity index is 1260. The van der Waals surface area contributed by atoms with Gasteiger partial charge < -0.3 is 14.5 Å². The van der Waals surface area contributed by atoms with Crippen molar-refractivity contribution in [1.82, 2.24) is 14.8 Å². The predicted molar refractivity (Wildman–Crippen MR) is 137 cm³/mol. The van der Waals surface area contributed by atoms with Crippen molar-refractivity contribution < 1.29 is 22.6 Å². The Morgan fingerprint density at radius 1 is 1.14 bits per heavy atom. The summed E-state index contributed by atoms with van der Waals surface area (Å²) in [6.45, 7) is 8.27. The minimum absolute atomic E-state index is 0.0454. The van der Waals surface area contributed by atoms with Crippen molar-refractivity contribution in [3.63, 3.8) is 0 Å². The highest BCUT2D eigenvalue weighted by molar-refractivity contribution is 5.85. The van der Waals surface area contributed by atoms with Gasteiger partial charge in [0.2, 0.25) is 0 Å². The SMILES string of the molecule is C[C@@H]1Cc2c([nH]c3ccccc23)[C@@H](c2c(F)cc(OCCN3CC(CF)C3)cc2F)N1CC1(C)COC1. The van der Waals surface area contributed by atoms with Crippen molar-refractivity contribution in [1.29, 1.82) is 0 Å². The summed E-state index contributed by atoms with van der Waals surface area (Å²) in [6.07, 6.45) is 0.803. The number of para-hydroxylation sites is 1. The summed E-state index contributed by atoms with van der Waals surface area (Å²) in [5.74, 6) is -0.952. The van der Waals surface area contributed by atoms with Gasteiger partial charge in [0.05, 0.1) is 25.9 Å². The molecular formula is C29H34F3N3O2. The number of hydrogen-bond acceptors (Lipinski definition) is 4. The molecule has 3 aliphatic rings.